The molecule has 0 bridgehead atoms. The first-order chi connectivity index (χ1) is 7.26. The third kappa shape index (κ3) is 4.47. The molecule has 0 aromatic carbocycles. The van der Waals surface area contributed by atoms with Gasteiger partial charge in [-0.15, -0.1) is 0 Å². The molecule has 1 aromatic heterocycles. The lowest BCUT2D eigenvalue weighted by Gasteiger charge is -2.15. The molecule has 86 valence electrons. The lowest BCUT2D eigenvalue weighted by molar-refractivity contribution is 0.350. The summed E-state index contributed by atoms with van der Waals surface area (Å²) in [6.07, 6.45) is 4.93. The van der Waals surface area contributed by atoms with Crippen LogP contribution in [0.15, 0.2) is 10.6 Å². The molecule has 0 aliphatic rings. The van der Waals surface area contributed by atoms with E-state index in [9.17, 15) is 0 Å². The number of rotatable bonds is 7. The van der Waals surface area contributed by atoms with Gasteiger partial charge >= 0.3 is 0 Å². The van der Waals surface area contributed by atoms with Crippen molar-refractivity contribution < 1.29 is 4.52 Å². The number of nitrogens with one attached hydrogen (secondary N) is 1. The Hall–Kier alpha value is -0.830. The Bertz CT molecular complexity index is 264. The molecule has 0 fully saturated rings. The summed E-state index contributed by atoms with van der Waals surface area (Å²) in [6.45, 7) is 7.19. The summed E-state index contributed by atoms with van der Waals surface area (Å²) in [4.78, 5) is 0. The van der Waals surface area contributed by atoms with Gasteiger partial charge in [-0.1, -0.05) is 31.8 Å². The van der Waals surface area contributed by atoms with Gasteiger partial charge in [0, 0.05) is 12.1 Å². The lowest BCUT2D eigenvalue weighted by atomic mass is 10.1. The van der Waals surface area contributed by atoms with Crippen molar-refractivity contribution in [3.8, 4) is 0 Å². The molecular weight excluding hydrogens is 188 g/mol. The van der Waals surface area contributed by atoms with Gasteiger partial charge in [-0.2, -0.15) is 0 Å². The number of hydrogen-bond donors (Lipinski definition) is 1. The molecule has 0 atom stereocenters. The molecule has 0 amide bonds. The monoisotopic (exact) mass is 210 g/mol. The van der Waals surface area contributed by atoms with Crippen molar-refractivity contribution in [3.05, 3.63) is 17.5 Å². The Balaban J connectivity index is 2.32. The van der Waals surface area contributed by atoms with Crippen LogP contribution < -0.4 is 5.32 Å². The highest BCUT2D eigenvalue weighted by Gasteiger charge is 2.07. The summed E-state index contributed by atoms with van der Waals surface area (Å²) in [7, 11) is 0. The highest BCUT2D eigenvalue weighted by atomic mass is 16.5. The normalized spacial score (nSPS) is 11.2. The van der Waals surface area contributed by atoms with E-state index < -0.39 is 0 Å². The number of aryl methyl sites for hydroxylation is 1. The molecule has 0 saturated heterocycles. The van der Waals surface area contributed by atoms with E-state index in [1.54, 1.807) is 0 Å². The average Bonchev–Trinajstić information content (AvgIpc) is 2.61. The van der Waals surface area contributed by atoms with Gasteiger partial charge < -0.3 is 9.84 Å². The summed E-state index contributed by atoms with van der Waals surface area (Å²) < 4.78 is 5.16. The topological polar surface area (TPSA) is 38.1 Å². The van der Waals surface area contributed by atoms with Gasteiger partial charge in [0.25, 0.3) is 0 Å². The quantitative estimate of drug-likeness (QED) is 0.751. The first kappa shape index (κ1) is 12.2. The molecule has 0 saturated carbocycles. The van der Waals surface area contributed by atoms with Gasteiger partial charge in [-0.05, 0) is 19.8 Å². The van der Waals surface area contributed by atoms with Crippen LogP contribution in [0, 0.1) is 6.92 Å². The zero-order valence-electron chi connectivity index (χ0n) is 10.0. The standard InChI is InChI=1S/C12H22N2O/c1-4-6-11(7-5-2)13-9-12-8-10(3)14-15-12/h8,11,13H,4-7,9H2,1-3H3. The molecule has 1 rings (SSSR count). The third-order valence-corrected chi connectivity index (χ3v) is 2.52. The summed E-state index contributed by atoms with van der Waals surface area (Å²) in [5, 5.41) is 7.39. The maximum atomic E-state index is 5.16. The summed E-state index contributed by atoms with van der Waals surface area (Å²) >= 11 is 0. The Morgan fingerprint density at radius 1 is 1.33 bits per heavy atom. The molecule has 1 aromatic rings. The van der Waals surface area contributed by atoms with Crippen LogP contribution in [0.25, 0.3) is 0 Å². The molecule has 1 N–H and O–H groups in total. The van der Waals surface area contributed by atoms with Crippen molar-refractivity contribution in [1.29, 1.82) is 0 Å². The number of aromatic nitrogens is 1. The van der Waals surface area contributed by atoms with Crippen LogP contribution in [0.5, 0.6) is 0 Å². The minimum atomic E-state index is 0.616. The number of nitrogens with zero attached hydrogens (tertiary/aromatic N) is 1. The van der Waals surface area contributed by atoms with E-state index >= 15 is 0 Å². The van der Waals surface area contributed by atoms with E-state index in [-0.39, 0.29) is 0 Å². The first-order valence-electron chi connectivity index (χ1n) is 5.91. The molecule has 0 unspecified atom stereocenters. The van der Waals surface area contributed by atoms with Crippen molar-refractivity contribution in [2.45, 2.75) is 59.0 Å². The minimum absolute atomic E-state index is 0.616. The molecular formula is C12H22N2O. The van der Waals surface area contributed by atoms with Crippen LogP contribution in [0.2, 0.25) is 0 Å². The van der Waals surface area contributed by atoms with Gasteiger partial charge in [0.15, 0.2) is 5.76 Å². The predicted molar refractivity (Wildman–Crippen MR) is 61.7 cm³/mol. The summed E-state index contributed by atoms with van der Waals surface area (Å²) in [6, 6.07) is 2.60. The van der Waals surface area contributed by atoms with Crippen LogP contribution in [0.3, 0.4) is 0 Å². The molecule has 0 spiro atoms. The third-order valence-electron chi connectivity index (χ3n) is 2.52. The average molecular weight is 210 g/mol. The molecule has 3 nitrogen and oxygen atoms in total. The summed E-state index contributed by atoms with van der Waals surface area (Å²) in [5.41, 5.74) is 0.953. The van der Waals surface area contributed by atoms with Crippen molar-refractivity contribution in [1.82, 2.24) is 10.5 Å². The zero-order chi connectivity index (χ0) is 11.1. The fourth-order valence-electron chi connectivity index (χ4n) is 1.79. The molecule has 3 heteroatoms. The van der Waals surface area contributed by atoms with Crippen LogP contribution >= 0.6 is 0 Å². The fraction of sp³-hybridized carbons (Fsp3) is 0.750. The molecule has 15 heavy (non-hydrogen) atoms. The second-order valence-electron chi connectivity index (χ2n) is 4.09. The largest absolute Gasteiger partial charge is 0.360 e. The smallest absolute Gasteiger partial charge is 0.150 e. The van der Waals surface area contributed by atoms with Crippen LogP contribution in [-0.4, -0.2) is 11.2 Å². The van der Waals surface area contributed by atoms with E-state index in [2.05, 4.69) is 24.3 Å². The van der Waals surface area contributed by atoms with Gasteiger partial charge in [0.1, 0.15) is 0 Å². The molecule has 1 heterocycles. The van der Waals surface area contributed by atoms with Gasteiger partial charge in [0.2, 0.25) is 0 Å². The molecule has 0 aliphatic carbocycles. The Morgan fingerprint density at radius 2 is 2.00 bits per heavy atom. The van der Waals surface area contributed by atoms with Crippen molar-refractivity contribution in [2.75, 3.05) is 0 Å². The first-order valence-corrected chi connectivity index (χ1v) is 5.91. The van der Waals surface area contributed by atoms with Crippen molar-refractivity contribution >= 4 is 0 Å². The van der Waals surface area contributed by atoms with E-state index in [0.717, 1.165) is 18.0 Å². The van der Waals surface area contributed by atoms with E-state index in [4.69, 9.17) is 4.52 Å². The Kier molecular flexibility index (Phi) is 5.40. The maximum absolute atomic E-state index is 5.16. The summed E-state index contributed by atoms with van der Waals surface area (Å²) in [5.74, 6) is 0.935. The Labute approximate surface area is 92.2 Å². The van der Waals surface area contributed by atoms with E-state index in [1.807, 2.05) is 13.0 Å². The SMILES string of the molecule is CCCC(CCC)NCc1cc(C)no1. The van der Waals surface area contributed by atoms with Gasteiger partial charge in [-0.3, -0.25) is 0 Å². The zero-order valence-corrected chi connectivity index (χ0v) is 10.0. The number of hydrogen-bond acceptors (Lipinski definition) is 3. The van der Waals surface area contributed by atoms with Crippen LogP contribution in [-0.2, 0) is 6.54 Å². The van der Waals surface area contributed by atoms with Crippen molar-refractivity contribution in [3.63, 3.8) is 0 Å². The second-order valence-corrected chi connectivity index (χ2v) is 4.09. The lowest BCUT2D eigenvalue weighted by Crippen LogP contribution is -2.28. The highest BCUT2D eigenvalue weighted by Crippen LogP contribution is 2.07. The fourth-order valence-corrected chi connectivity index (χ4v) is 1.79. The maximum Gasteiger partial charge on any atom is 0.150 e. The predicted octanol–water partition coefficient (Wildman–Crippen LogP) is 3.04. The highest BCUT2D eigenvalue weighted by molar-refractivity contribution is 5.02. The van der Waals surface area contributed by atoms with Gasteiger partial charge in [-0.25, -0.2) is 0 Å². The van der Waals surface area contributed by atoms with Crippen LogP contribution in [0.1, 0.15) is 51.0 Å². The Morgan fingerprint density at radius 3 is 2.47 bits per heavy atom. The molecule has 0 aliphatic heterocycles. The minimum Gasteiger partial charge on any atom is -0.360 e. The van der Waals surface area contributed by atoms with Gasteiger partial charge in [0.05, 0.1) is 12.2 Å². The van der Waals surface area contributed by atoms with Crippen molar-refractivity contribution in [2.24, 2.45) is 0 Å². The molecule has 0 radical (unpaired) electrons. The van der Waals surface area contributed by atoms with E-state index in [0.29, 0.717) is 6.04 Å². The van der Waals surface area contributed by atoms with E-state index in [1.165, 1.54) is 25.7 Å². The second kappa shape index (κ2) is 6.62. The van der Waals surface area contributed by atoms with Crippen LogP contribution in [0.4, 0.5) is 0 Å².